The number of alkyl halides is 3. The van der Waals surface area contributed by atoms with Crippen molar-refractivity contribution in [3.05, 3.63) is 35.4 Å². The molecule has 1 aromatic carbocycles. The van der Waals surface area contributed by atoms with Crippen LogP contribution < -0.4 is 5.32 Å². The average molecular weight is 217 g/mol. The molecule has 0 fully saturated rings. The minimum absolute atomic E-state index is 0.114. The minimum atomic E-state index is -4.50. The van der Waals surface area contributed by atoms with E-state index in [1.165, 1.54) is 6.07 Å². The first-order chi connectivity index (χ1) is 6.95. The number of rotatable bonds is 2. The quantitative estimate of drug-likeness (QED) is 0.764. The molecule has 2 amide bonds. The summed E-state index contributed by atoms with van der Waals surface area (Å²) in [7, 11) is 0. The lowest BCUT2D eigenvalue weighted by Gasteiger charge is -2.07. The minimum Gasteiger partial charge on any atom is -0.295 e. The van der Waals surface area contributed by atoms with E-state index in [1.54, 1.807) is 5.32 Å². The number of carbonyl (C=O) groups is 2. The number of hydrogen-bond donors (Lipinski definition) is 1. The Bertz CT molecular complexity index is 387. The van der Waals surface area contributed by atoms with E-state index < -0.39 is 17.6 Å². The maximum Gasteiger partial charge on any atom is 0.416 e. The topological polar surface area (TPSA) is 46.2 Å². The lowest BCUT2D eigenvalue weighted by atomic mass is 10.1. The fourth-order valence-corrected chi connectivity index (χ4v) is 0.974. The Balaban J connectivity index is 3.03. The molecule has 0 heterocycles. The molecule has 0 bridgehead atoms. The number of carbonyl (C=O) groups excluding carboxylic acids is 2. The molecule has 0 atom stereocenters. The Kier molecular flexibility index (Phi) is 3.08. The average Bonchev–Trinajstić information content (AvgIpc) is 2.17. The van der Waals surface area contributed by atoms with Crippen molar-refractivity contribution >= 4 is 12.3 Å². The zero-order valence-corrected chi connectivity index (χ0v) is 7.34. The third-order valence-corrected chi connectivity index (χ3v) is 1.64. The molecule has 0 spiro atoms. The normalized spacial score (nSPS) is 10.9. The molecule has 6 heteroatoms. The van der Waals surface area contributed by atoms with E-state index in [1.807, 2.05) is 0 Å². The summed E-state index contributed by atoms with van der Waals surface area (Å²) < 4.78 is 36.6. The molecule has 80 valence electrons. The first kappa shape index (κ1) is 11.2. The van der Waals surface area contributed by atoms with E-state index >= 15 is 0 Å². The molecule has 1 rings (SSSR count). The Morgan fingerprint density at radius 2 is 2.00 bits per heavy atom. The number of hydrogen-bond acceptors (Lipinski definition) is 2. The number of benzene rings is 1. The summed E-state index contributed by atoms with van der Waals surface area (Å²) in [6.07, 6.45) is -4.39. The second-order valence-corrected chi connectivity index (χ2v) is 2.67. The summed E-state index contributed by atoms with van der Waals surface area (Å²) >= 11 is 0. The SMILES string of the molecule is O=CNC(=O)c1cccc(C(F)(F)F)c1. The highest BCUT2D eigenvalue weighted by Crippen LogP contribution is 2.29. The van der Waals surface area contributed by atoms with Crippen molar-refractivity contribution in [1.82, 2.24) is 5.32 Å². The van der Waals surface area contributed by atoms with Gasteiger partial charge in [-0.15, -0.1) is 0 Å². The molecule has 1 N–H and O–H groups in total. The lowest BCUT2D eigenvalue weighted by molar-refractivity contribution is -0.137. The van der Waals surface area contributed by atoms with Crippen LogP contribution in [0.2, 0.25) is 0 Å². The van der Waals surface area contributed by atoms with Crippen LogP contribution in [0.3, 0.4) is 0 Å². The predicted molar refractivity (Wildman–Crippen MR) is 45.0 cm³/mol. The van der Waals surface area contributed by atoms with E-state index in [0.29, 0.717) is 6.07 Å². The van der Waals surface area contributed by atoms with Crippen LogP contribution in [-0.2, 0) is 11.0 Å². The molecular formula is C9H6F3NO2. The third kappa shape index (κ3) is 2.80. The van der Waals surface area contributed by atoms with Gasteiger partial charge in [0.2, 0.25) is 6.41 Å². The molecule has 0 aromatic heterocycles. The van der Waals surface area contributed by atoms with Crippen molar-refractivity contribution in [1.29, 1.82) is 0 Å². The monoisotopic (exact) mass is 217 g/mol. The van der Waals surface area contributed by atoms with Gasteiger partial charge in [0.1, 0.15) is 0 Å². The van der Waals surface area contributed by atoms with Crippen molar-refractivity contribution in [2.45, 2.75) is 6.18 Å². The molecule has 0 unspecified atom stereocenters. The van der Waals surface area contributed by atoms with E-state index in [4.69, 9.17) is 0 Å². The second-order valence-electron chi connectivity index (χ2n) is 2.67. The van der Waals surface area contributed by atoms with E-state index in [9.17, 15) is 22.8 Å². The van der Waals surface area contributed by atoms with Crippen molar-refractivity contribution in [2.75, 3.05) is 0 Å². The van der Waals surface area contributed by atoms with E-state index in [-0.39, 0.29) is 12.0 Å². The largest absolute Gasteiger partial charge is 0.416 e. The van der Waals surface area contributed by atoms with Crippen molar-refractivity contribution < 1.29 is 22.8 Å². The van der Waals surface area contributed by atoms with Crippen LogP contribution in [0, 0.1) is 0 Å². The van der Waals surface area contributed by atoms with Gasteiger partial charge in [-0.3, -0.25) is 14.9 Å². The summed E-state index contributed by atoms with van der Waals surface area (Å²) in [5, 5.41) is 1.75. The van der Waals surface area contributed by atoms with Gasteiger partial charge in [-0.2, -0.15) is 13.2 Å². The van der Waals surface area contributed by atoms with Gasteiger partial charge in [-0.1, -0.05) is 6.07 Å². The molecule has 0 aliphatic rings. The standard InChI is InChI=1S/C9H6F3NO2/c10-9(11,12)7-3-1-2-6(4-7)8(15)13-5-14/h1-5H,(H,13,14,15). The van der Waals surface area contributed by atoms with Crippen LogP contribution in [0.1, 0.15) is 15.9 Å². The zero-order valence-electron chi connectivity index (χ0n) is 7.34. The maximum atomic E-state index is 12.2. The van der Waals surface area contributed by atoms with E-state index in [2.05, 4.69) is 0 Å². The van der Waals surface area contributed by atoms with Gasteiger partial charge >= 0.3 is 6.18 Å². The van der Waals surface area contributed by atoms with Gasteiger partial charge in [0.05, 0.1) is 5.56 Å². The highest BCUT2D eigenvalue weighted by Gasteiger charge is 2.30. The smallest absolute Gasteiger partial charge is 0.295 e. The molecule has 0 aliphatic carbocycles. The van der Waals surface area contributed by atoms with Crippen LogP contribution in [0.25, 0.3) is 0 Å². The van der Waals surface area contributed by atoms with Gasteiger partial charge in [0.15, 0.2) is 0 Å². The Morgan fingerprint density at radius 3 is 2.53 bits per heavy atom. The molecule has 0 saturated carbocycles. The van der Waals surface area contributed by atoms with Crippen LogP contribution >= 0.6 is 0 Å². The molecule has 0 saturated heterocycles. The van der Waals surface area contributed by atoms with Crippen LogP contribution in [-0.4, -0.2) is 12.3 Å². The fourth-order valence-electron chi connectivity index (χ4n) is 0.974. The van der Waals surface area contributed by atoms with Crippen molar-refractivity contribution in [3.8, 4) is 0 Å². The molecule has 0 radical (unpaired) electrons. The summed E-state index contributed by atoms with van der Waals surface area (Å²) in [6, 6.07) is 3.81. The van der Waals surface area contributed by atoms with Gasteiger partial charge in [-0.25, -0.2) is 0 Å². The molecule has 3 nitrogen and oxygen atoms in total. The Labute approximate surface area is 82.9 Å². The molecule has 0 aliphatic heterocycles. The second kappa shape index (κ2) is 4.12. The summed E-state index contributed by atoms with van der Waals surface area (Å²) in [5.41, 5.74) is -1.14. The van der Waals surface area contributed by atoms with E-state index in [0.717, 1.165) is 12.1 Å². The number of amides is 2. The zero-order chi connectivity index (χ0) is 11.5. The van der Waals surface area contributed by atoms with Crippen molar-refractivity contribution in [3.63, 3.8) is 0 Å². The van der Waals surface area contributed by atoms with Crippen LogP contribution in [0.4, 0.5) is 13.2 Å². The van der Waals surface area contributed by atoms with Gasteiger partial charge in [0, 0.05) is 5.56 Å². The van der Waals surface area contributed by atoms with Crippen LogP contribution in [0.15, 0.2) is 24.3 Å². The van der Waals surface area contributed by atoms with Gasteiger partial charge < -0.3 is 0 Å². The van der Waals surface area contributed by atoms with Crippen LogP contribution in [0.5, 0.6) is 0 Å². The number of imide groups is 1. The lowest BCUT2D eigenvalue weighted by Crippen LogP contribution is -2.21. The molecular weight excluding hydrogens is 211 g/mol. The summed E-state index contributed by atoms with van der Waals surface area (Å²) in [6.45, 7) is 0. The maximum absolute atomic E-state index is 12.2. The highest BCUT2D eigenvalue weighted by atomic mass is 19.4. The van der Waals surface area contributed by atoms with Crippen molar-refractivity contribution in [2.24, 2.45) is 0 Å². The molecule has 1 aromatic rings. The predicted octanol–water partition coefficient (Wildman–Crippen LogP) is 1.59. The summed E-state index contributed by atoms with van der Waals surface area (Å²) in [5.74, 6) is -0.865. The Hall–Kier alpha value is -1.85. The van der Waals surface area contributed by atoms with Gasteiger partial charge in [-0.05, 0) is 18.2 Å². The first-order valence-electron chi connectivity index (χ1n) is 3.87. The van der Waals surface area contributed by atoms with Gasteiger partial charge in [0.25, 0.3) is 5.91 Å². The highest BCUT2D eigenvalue weighted by molar-refractivity contribution is 5.99. The molecule has 15 heavy (non-hydrogen) atoms. The first-order valence-corrected chi connectivity index (χ1v) is 3.87. The number of nitrogens with one attached hydrogen (secondary N) is 1. The summed E-state index contributed by atoms with van der Waals surface area (Å²) in [4.78, 5) is 20.9. The fraction of sp³-hybridized carbons (Fsp3) is 0.111. The Morgan fingerprint density at radius 1 is 1.33 bits per heavy atom. The number of halogens is 3. The third-order valence-electron chi connectivity index (χ3n) is 1.64.